The lowest BCUT2D eigenvalue weighted by molar-refractivity contribution is 0.426. The second kappa shape index (κ2) is 20.9. The van der Waals surface area contributed by atoms with E-state index >= 15 is 0 Å². The van der Waals surface area contributed by atoms with Gasteiger partial charge in [0.2, 0.25) is 0 Å². The Labute approximate surface area is 477 Å². The molecule has 2 N–H and O–H groups in total. The molecule has 0 fully saturated rings. The van der Waals surface area contributed by atoms with E-state index in [-0.39, 0.29) is 0 Å². The summed E-state index contributed by atoms with van der Waals surface area (Å²) in [6.07, 6.45) is 0. The summed E-state index contributed by atoms with van der Waals surface area (Å²) in [4.78, 5) is 0. The Balaban J connectivity index is 0.000000119. The van der Waals surface area contributed by atoms with Gasteiger partial charge in [-0.15, -0.1) is 0 Å². The van der Waals surface area contributed by atoms with Crippen molar-refractivity contribution in [3.63, 3.8) is 0 Å². The zero-order valence-electron chi connectivity index (χ0n) is 43.6. The van der Waals surface area contributed by atoms with Gasteiger partial charge in [-0.3, -0.25) is 0 Å². The van der Waals surface area contributed by atoms with Crippen LogP contribution in [0.15, 0.2) is 291 Å². The van der Waals surface area contributed by atoms with Crippen molar-refractivity contribution in [3.8, 4) is 33.4 Å². The molecule has 0 atom stereocenters. The maximum atomic E-state index is 10.1. The second-order valence-electron chi connectivity index (χ2n) is 20.5. The Morgan fingerprint density at radius 3 is 0.963 bits per heavy atom. The largest absolute Gasteiger partial charge is 0.489 e. The highest BCUT2D eigenvalue weighted by Crippen LogP contribution is 2.46. The van der Waals surface area contributed by atoms with Gasteiger partial charge in [0.15, 0.2) is 0 Å². The van der Waals surface area contributed by atoms with Crippen molar-refractivity contribution in [1.82, 2.24) is 0 Å². The van der Waals surface area contributed by atoms with Gasteiger partial charge in [-0.25, -0.2) is 0 Å². The quantitative estimate of drug-likeness (QED) is 0.0798. The predicted molar refractivity (Wildman–Crippen MR) is 353 cm³/mol. The van der Waals surface area contributed by atoms with Crippen LogP contribution in [0.4, 0.5) is 0 Å². The van der Waals surface area contributed by atoms with Gasteiger partial charge in [-0.2, -0.15) is 0 Å². The van der Waals surface area contributed by atoms with Gasteiger partial charge in [0.25, 0.3) is 0 Å². The zero-order chi connectivity index (χ0) is 53.7. The lowest BCUT2D eigenvalue weighted by Gasteiger charge is -2.19. The van der Waals surface area contributed by atoms with Gasteiger partial charge in [0.1, 0.15) is 0 Å². The fourth-order valence-electron chi connectivity index (χ4n) is 12.5. The lowest BCUT2D eigenvalue weighted by Crippen LogP contribution is -2.31. The van der Waals surface area contributed by atoms with E-state index in [2.05, 4.69) is 271 Å². The van der Waals surface area contributed by atoms with E-state index in [4.69, 9.17) is 0 Å². The van der Waals surface area contributed by atoms with Crippen LogP contribution in [0, 0.1) is 3.57 Å². The first kappa shape index (κ1) is 49.2. The van der Waals surface area contributed by atoms with Crippen molar-refractivity contribution in [3.05, 3.63) is 295 Å². The molecule has 0 aliphatic rings. The molecule has 376 valence electrons. The summed E-state index contributed by atoms with van der Waals surface area (Å²) in [6.45, 7) is 0. The third-order valence-corrected chi connectivity index (χ3v) is 16.7. The maximum Gasteiger partial charge on any atom is 0.489 e. The van der Waals surface area contributed by atoms with Gasteiger partial charge < -0.3 is 10.0 Å². The molecular formula is C76H50BIO2. The van der Waals surface area contributed by atoms with Crippen molar-refractivity contribution < 1.29 is 10.0 Å². The molecule has 16 aromatic rings. The van der Waals surface area contributed by atoms with Crippen molar-refractivity contribution in [2.75, 3.05) is 0 Å². The number of halogens is 1. The van der Waals surface area contributed by atoms with Crippen molar-refractivity contribution in [2.24, 2.45) is 0 Å². The smallest absolute Gasteiger partial charge is 0.423 e. The number of hydrogen-bond donors (Lipinski definition) is 2. The Morgan fingerprint density at radius 1 is 0.225 bits per heavy atom. The van der Waals surface area contributed by atoms with Crippen LogP contribution in [0.3, 0.4) is 0 Å². The van der Waals surface area contributed by atoms with Crippen molar-refractivity contribution in [1.29, 1.82) is 0 Å². The molecular weight excluding hydrogens is 1080 g/mol. The van der Waals surface area contributed by atoms with Crippen LogP contribution in [0.5, 0.6) is 0 Å². The average Bonchev–Trinajstić information content (AvgIpc) is 3.52. The molecule has 0 unspecified atom stereocenters. The summed E-state index contributed by atoms with van der Waals surface area (Å²) < 4.78 is 1.29. The van der Waals surface area contributed by atoms with Crippen LogP contribution < -0.4 is 5.46 Å². The van der Waals surface area contributed by atoms with E-state index in [9.17, 15) is 10.0 Å². The van der Waals surface area contributed by atoms with Crippen molar-refractivity contribution >= 4 is 143 Å². The standard InChI is InChI=1S/C38H24.C24H17BO2.C14H9I/c1-4-14-30-25(10-1)12-9-19-32(30)38-35-17-7-5-15-33(35)37(34-16-6-8-18-36(34)38)28-22-23-31-27(24-28)21-20-26-11-2-3-13-29(26)31;26-25(27)24-21-13-5-3-11-19(21)23(20-12-4-6-14-22(20)24)18-15-7-9-16-8-1-2-10-17(16)18;15-12-7-8-14-11(9-12)6-5-10-3-1-2-4-13(10)14/h1-24H;1-15,26-27H;1-9H. The predicted octanol–water partition coefficient (Wildman–Crippen LogP) is 19.9. The summed E-state index contributed by atoms with van der Waals surface area (Å²) in [5, 5.41) is 44.6. The van der Waals surface area contributed by atoms with Crippen molar-refractivity contribution in [2.45, 2.75) is 0 Å². The van der Waals surface area contributed by atoms with Gasteiger partial charge >= 0.3 is 7.12 Å². The summed E-state index contributed by atoms with van der Waals surface area (Å²) in [5.74, 6) is 0. The molecule has 2 nitrogen and oxygen atoms in total. The molecule has 0 saturated heterocycles. The van der Waals surface area contributed by atoms with E-state index < -0.39 is 7.12 Å². The molecule has 0 saturated carbocycles. The highest BCUT2D eigenvalue weighted by molar-refractivity contribution is 14.1. The molecule has 0 aliphatic heterocycles. The van der Waals surface area contributed by atoms with E-state index in [0.29, 0.717) is 5.46 Å². The number of fused-ring (bicyclic) bond motifs is 12. The third kappa shape index (κ3) is 8.70. The molecule has 16 aromatic carbocycles. The number of rotatable bonds is 4. The molecule has 16 rings (SSSR count). The molecule has 0 spiro atoms. The van der Waals surface area contributed by atoms with Gasteiger partial charge in [-0.05, 0) is 187 Å². The Morgan fingerprint density at radius 2 is 0.525 bits per heavy atom. The Bertz CT molecular complexity index is 4960. The van der Waals surface area contributed by atoms with Gasteiger partial charge in [0.05, 0.1) is 0 Å². The summed E-state index contributed by atoms with van der Waals surface area (Å²) in [7, 11) is -1.53. The molecule has 0 heterocycles. The molecule has 0 aliphatic carbocycles. The fourth-order valence-corrected chi connectivity index (χ4v) is 13.0. The number of hydrogen-bond acceptors (Lipinski definition) is 2. The second-order valence-corrected chi connectivity index (χ2v) is 21.8. The van der Waals surface area contributed by atoms with Crippen LogP contribution in [0.2, 0.25) is 0 Å². The van der Waals surface area contributed by atoms with Crippen LogP contribution in [0.1, 0.15) is 0 Å². The summed E-state index contributed by atoms with van der Waals surface area (Å²) >= 11 is 2.35. The minimum atomic E-state index is -1.53. The lowest BCUT2D eigenvalue weighted by atomic mass is 9.72. The third-order valence-electron chi connectivity index (χ3n) is 16.0. The fraction of sp³-hybridized carbons (Fsp3) is 0. The SMILES string of the molecule is Ic1ccc2c(ccc3ccccc32)c1.OB(O)c1c2ccccc2c(-c2cccc3ccccc23)c2ccccc12.c1ccc2c(-c3c4ccccc4c(-c4ccc5c(ccc6ccccc65)c4)c4ccccc34)cccc2c1. The van der Waals surface area contributed by atoms with Gasteiger partial charge in [0, 0.05) is 3.57 Å². The zero-order valence-corrected chi connectivity index (χ0v) is 45.7. The van der Waals surface area contributed by atoms with Crippen LogP contribution in [-0.2, 0) is 0 Å². The number of benzene rings is 16. The van der Waals surface area contributed by atoms with Crippen LogP contribution in [-0.4, -0.2) is 17.2 Å². The monoisotopic (exact) mass is 1130 g/mol. The first-order valence-corrected chi connectivity index (χ1v) is 28.2. The summed E-state index contributed by atoms with van der Waals surface area (Å²) in [6, 6.07) is 103. The normalized spacial score (nSPS) is 11.4. The highest BCUT2D eigenvalue weighted by atomic mass is 127. The van der Waals surface area contributed by atoms with E-state index in [0.717, 1.165) is 32.7 Å². The molecule has 0 amide bonds. The molecule has 0 radical (unpaired) electrons. The molecule has 0 bridgehead atoms. The van der Waals surface area contributed by atoms with E-state index in [1.807, 2.05) is 42.5 Å². The molecule has 80 heavy (non-hydrogen) atoms. The first-order chi connectivity index (χ1) is 39.5. The molecule has 0 aromatic heterocycles. The first-order valence-electron chi connectivity index (χ1n) is 27.1. The maximum absolute atomic E-state index is 10.1. The van der Waals surface area contributed by atoms with Crippen LogP contribution in [0.25, 0.3) is 141 Å². The van der Waals surface area contributed by atoms with Crippen LogP contribution >= 0.6 is 22.6 Å². The summed E-state index contributed by atoms with van der Waals surface area (Å²) in [5.41, 5.74) is 7.99. The highest BCUT2D eigenvalue weighted by Gasteiger charge is 2.23. The minimum Gasteiger partial charge on any atom is -0.423 e. The van der Waals surface area contributed by atoms with E-state index in [1.165, 1.54) is 112 Å². The Kier molecular flexibility index (Phi) is 12.8. The average molecular weight is 1130 g/mol. The topological polar surface area (TPSA) is 40.5 Å². The van der Waals surface area contributed by atoms with E-state index in [1.54, 1.807) is 0 Å². The Hall–Kier alpha value is -9.17. The molecule has 4 heteroatoms. The van der Waals surface area contributed by atoms with Gasteiger partial charge in [-0.1, -0.05) is 273 Å². The minimum absolute atomic E-state index is 0.560.